The van der Waals surface area contributed by atoms with Crippen LogP contribution in [-0.4, -0.2) is 11.9 Å². The number of nitrogens with one attached hydrogen (secondary N) is 2. The molecule has 0 atom stereocenters. The van der Waals surface area contributed by atoms with Crippen LogP contribution >= 0.6 is 46.4 Å². The molecule has 0 spiro atoms. The highest BCUT2D eigenvalue weighted by Gasteiger charge is 2.14. The van der Waals surface area contributed by atoms with E-state index in [0.29, 0.717) is 15.7 Å². The van der Waals surface area contributed by atoms with Gasteiger partial charge in [0.25, 0.3) is 5.91 Å². The lowest BCUT2D eigenvalue weighted by Gasteiger charge is -2.08. The minimum absolute atomic E-state index is 0.135. The molecule has 8 heteroatoms. The van der Waals surface area contributed by atoms with E-state index in [1.54, 1.807) is 6.07 Å². The molecular weight excluding hydrogens is 370 g/mol. The maximum absolute atomic E-state index is 12.0. The Balaban J connectivity index is 2.05. The average Bonchev–Trinajstić information content (AvgIpc) is 2.42. The molecule has 2 rings (SSSR count). The van der Waals surface area contributed by atoms with Crippen LogP contribution in [-0.2, 0) is 0 Å². The standard InChI is InChI=1S/C14H8Cl4N2O2/c15-7-1-3-9(11(17)5-7)13(21)20-14(22)19-8-2-4-10(16)12(18)6-8/h1-6H,(H2,19,20,21,22). The second kappa shape index (κ2) is 7.20. The summed E-state index contributed by atoms with van der Waals surface area (Å²) < 4.78 is 0. The number of halogens is 4. The Bertz CT molecular complexity index is 750. The molecule has 22 heavy (non-hydrogen) atoms. The lowest BCUT2D eigenvalue weighted by atomic mass is 10.2. The Hall–Kier alpha value is -1.46. The van der Waals surface area contributed by atoms with E-state index in [1.165, 1.54) is 30.3 Å². The molecule has 4 nitrogen and oxygen atoms in total. The van der Waals surface area contributed by atoms with Gasteiger partial charge in [0.05, 0.1) is 20.6 Å². The Kier molecular flexibility index (Phi) is 5.53. The number of imide groups is 1. The van der Waals surface area contributed by atoms with Gasteiger partial charge in [0.1, 0.15) is 0 Å². The third-order valence-corrected chi connectivity index (χ3v) is 3.87. The predicted octanol–water partition coefficient (Wildman–Crippen LogP) is 5.26. The zero-order valence-corrected chi connectivity index (χ0v) is 13.8. The van der Waals surface area contributed by atoms with E-state index < -0.39 is 11.9 Å². The summed E-state index contributed by atoms with van der Waals surface area (Å²) in [6, 6.07) is 8.14. The van der Waals surface area contributed by atoms with Gasteiger partial charge in [-0.25, -0.2) is 4.79 Å². The number of hydrogen-bond acceptors (Lipinski definition) is 2. The number of benzene rings is 2. The van der Waals surface area contributed by atoms with E-state index in [4.69, 9.17) is 46.4 Å². The number of rotatable bonds is 2. The van der Waals surface area contributed by atoms with Gasteiger partial charge in [-0.2, -0.15) is 0 Å². The van der Waals surface area contributed by atoms with Crippen LogP contribution < -0.4 is 10.6 Å². The zero-order chi connectivity index (χ0) is 16.3. The van der Waals surface area contributed by atoms with Crippen LogP contribution in [0.5, 0.6) is 0 Å². The lowest BCUT2D eigenvalue weighted by Crippen LogP contribution is -2.34. The molecule has 0 unspecified atom stereocenters. The third-order valence-electron chi connectivity index (χ3n) is 2.58. The Morgan fingerprint density at radius 1 is 0.818 bits per heavy atom. The molecule has 114 valence electrons. The molecule has 0 radical (unpaired) electrons. The van der Waals surface area contributed by atoms with Gasteiger partial charge in [-0.05, 0) is 36.4 Å². The highest BCUT2D eigenvalue weighted by Crippen LogP contribution is 2.25. The molecule has 2 N–H and O–H groups in total. The molecular formula is C14H8Cl4N2O2. The highest BCUT2D eigenvalue weighted by atomic mass is 35.5. The molecule has 0 bridgehead atoms. The summed E-state index contributed by atoms with van der Waals surface area (Å²) in [5.74, 6) is -0.653. The lowest BCUT2D eigenvalue weighted by molar-refractivity contribution is 0.0967. The van der Waals surface area contributed by atoms with Crippen molar-refractivity contribution in [2.45, 2.75) is 0 Å². The van der Waals surface area contributed by atoms with Crippen LogP contribution in [0, 0.1) is 0 Å². The Labute approximate surface area is 146 Å². The van der Waals surface area contributed by atoms with Gasteiger partial charge >= 0.3 is 6.03 Å². The molecule has 0 saturated carbocycles. The Morgan fingerprint density at radius 2 is 1.55 bits per heavy atom. The van der Waals surface area contributed by atoms with E-state index in [0.717, 1.165) is 0 Å². The van der Waals surface area contributed by atoms with Crippen LogP contribution in [0.15, 0.2) is 36.4 Å². The molecule has 0 fully saturated rings. The minimum atomic E-state index is -0.727. The van der Waals surface area contributed by atoms with Gasteiger partial charge in [0, 0.05) is 10.7 Å². The maximum Gasteiger partial charge on any atom is 0.326 e. The smallest absolute Gasteiger partial charge is 0.308 e. The van der Waals surface area contributed by atoms with Crippen LogP contribution in [0.1, 0.15) is 10.4 Å². The summed E-state index contributed by atoms with van der Waals surface area (Å²) in [5, 5.41) is 5.78. The molecule has 0 aliphatic heterocycles. The first kappa shape index (κ1) is 16.9. The van der Waals surface area contributed by atoms with E-state index in [9.17, 15) is 9.59 Å². The predicted molar refractivity (Wildman–Crippen MR) is 89.4 cm³/mol. The van der Waals surface area contributed by atoms with Crippen LogP contribution in [0.2, 0.25) is 20.1 Å². The molecule has 0 aromatic heterocycles. The largest absolute Gasteiger partial charge is 0.326 e. The van der Waals surface area contributed by atoms with Gasteiger partial charge in [-0.15, -0.1) is 0 Å². The van der Waals surface area contributed by atoms with Gasteiger partial charge < -0.3 is 5.32 Å². The molecule has 3 amide bonds. The van der Waals surface area contributed by atoms with Gasteiger partial charge in [-0.1, -0.05) is 46.4 Å². The van der Waals surface area contributed by atoms with Crippen molar-refractivity contribution in [2.75, 3.05) is 5.32 Å². The van der Waals surface area contributed by atoms with Crippen LogP contribution in [0.4, 0.5) is 10.5 Å². The third kappa shape index (κ3) is 4.27. The average molecular weight is 378 g/mol. The summed E-state index contributed by atoms with van der Waals surface area (Å²) in [5.41, 5.74) is 0.525. The number of carbonyl (C=O) groups is 2. The summed E-state index contributed by atoms with van der Waals surface area (Å²) in [4.78, 5) is 23.7. The molecule has 0 aliphatic rings. The Morgan fingerprint density at radius 3 is 2.18 bits per heavy atom. The van der Waals surface area contributed by atoms with E-state index in [1.807, 2.05) is 0 Å². The second-order valence-corrected chi connectivity index (χ2v) is 5.82. The molecule has 2 aromatic carbocycles. The fourth-order valence-electron chi connectivity index (χ4n) is 1.58. The zero-order valence-electron chi connectivity index (χ0n) is 10.8. The first-order valence-corrected chi connectivity index (χ1v) is 7.40. The second-order valence-electron chi connectivity index (χ2n) is 4.16. The van der Waals surface area contributed by atoms with Gasteiger partial charge in [-0.3, -0.25) is 10.1 Å². The fraction of sp³-hybridized carbons (Fsp3) is 0. The van der Waals surface area contributed by atoms with Crippen molar-refractivity contribution in [3.63, 3.8) is 0 Å². The number of carbonyl (C=O) groups excluding carboxylic acids is 2. The quantitative estimate of drug-likeness (QED) is 0.749. The normalized spacial score (nSPS) is 10.2. The molecule has 0 heterocycles. The summed E-state index contributed by atoms with van der Waals surface area (Å²) >= 11 is 23.2. The summed E-state index contributed by atoms with van der Waals surface area (Å²) in [6.07, 6.45) is 0. The first-order chi connectivity index (χ1) is 10.4. The van der Waals surface area contributed by atoms with Gasteiger partial charge in [0.15, 0.2) is 0 Å². The number of urea groups is 1. The van der Waals surface area contributed by atoms with Crippen molar-refractivity contribution >= 4 is 64.0 Å². The van der Waals surface area contributed by atoms with Crippen molar-refractivity contribution in [1.29, 1.82) is 0 Å². The number of anilines is 1. The van der Waals surface area contributed by atoms with E-state index in [-0.39, 0.29) is 15.6 Å². The van der Waals surface area contributed by atoms with Crippen molar-refractivity contribution < 1.29 is 9.59 Å². The molecule has 2 aromatic rings. The molecule has 0 saturated heterocycles. The van der Waals surface area contributed by atoms with Crippen LogP contribution in [0.25, 0.3) is 0 Å². The van der Waals surface area contributed by atoms with Crippen LogP contribution in [0.3, 0.4) is 0 Å². The number of hydrogen-bond donors (Lipinski definition) is 2. The number of amides is 3. The highest BCUT2D eigenvalue weighted by molar-refractivity contribution is 6.42. The maximum atomic E-state index is 12.0. The van der Waals surface area contributed by atoms with Crippen molar-refractivity contribution in [3.05, 3.63) is 62.1 Å². The fourth-order valence-corrected chi connectivity index (χ4v) is 2.37. The SMILES string of the molecule is O=C(NC(=O)c1ccc(Cl)cc1Cl)Nc1ccc(Cl)c(Cl)c1. The van der Waals surface area contributed by atoms with Crippen molar-refractivity contribution in [1.82, 2.24) is 5.32 Å². The van der Waals surface area contributed by atoms with E-state index in [2.05, 4.69) is 10.6 Å². The summed E-state index contributed by atoms with van der Waals surface area (Å²) in [7, 11) is 0. The summed E-state index contributed by atoms with van der Waals surface area (Å²) in [6.45, 7) is 0. The minimum Gasteiger partial charge on any atom is -0.308 e. The van der Waals surface area contributed by atoms with Crippen molar-refractivity contribution in [3.8, 4) is 0 Å². The van der Waals surface area contributed by atoms with Crippen molar-refractivity contribution in [2.24, 2.45) is 0 Å². The molecule has 0 aliphatic carbocycles. The monoisotopic (exact) mass is 376 g/mol. The van der Waals surface area contributed by atoms with Gasteiger partial charge in [0.2, 0.25) is 0 Å². The topological polar surface area (TPSA) is 58.2 Å². The first-order valence-electron chi connectivity index (χ1n) is 5.89. The van der Waals surface area contributed by atoms with E-state index >= 15 is 0 Å².